The predicted molar refractivity (Wildman–Crippen MR) is 115 cm³/mol. The minimum Gasteiger partial charge on any atom is -0.356 e. The van der Waals surface area contributed by atoms with Crippen LogP contribution in [-0.4, -0.2) is 47.4 Å². The molecule has 2 unspecified atom stereocenters. The first-order valence-electron chi connectivity index (χ1n) is 11.0. The summed E-state index contributed by atoms with van der Waals surface area (Å²) in [7, 11) is 0. The molecule has 1 N–H and O–H groups in total. The van der Waals surface area contributed by atoms with E-state index in [2.05, 4.69) is 20.1 Å². The predicted octanol–water partition coefficient (Wildman–Crippen LogP) is 2.85. The number of aromatic nitrogens is 1. The molecule has 3 aliphatic rings. The van der Waals surface area contributed by atoms with Gasteiger partial charge >= 0.3 is 0 Å². The molecule has 3 aliphatic heterocycles. The van der Waals surface area contributed by atoms with Gasteiger partial charge in [-0.05, 0) is 48.8 Å². The standard InChI is InChI=1S/C24H28N4O2/c29-23-8-4-7-21-20-11-18(15-28(21)23)14-27(16-20)22-10-9-19(13-25-22)24(30)26-12-17-5-2-1-3-6-17/h1-3,5-6,9-10,13,18,20-21H,4,7-8,11-12,14-16H2,(H,26,30)/t18?,20?,21-/m1/s1. The number of amides is 2. The molecule has 3 atom stereocenters. The summed E-state index contributed by atoms with van der Waals surface area (Å²) in [5.74, 6) is 2.21. The maximum Gasteiger partial charge on any atom is 0.253 e. The Morgan fingerprint density at radius 3 is 2.77 bits per heavy atom. The van der Waals surface area contributed by atoms with E-state index in [1.54, 1.807) is 6.20 Å². The molecule has 4 heterocycles. The van der Waals surface area contributed by atoms with Crippen LogP contribution in [0.1, 0.15) is 41.6 Å². The van der Waals surface area contributed by atoms with Crippen molar-refractivity contribution in [2.45, 2.75) is 38.3 Å². The van der Waals surface area contributed by atoms with Gasteiger partial charge in [0.05, 0.1) is 5.56 Å². The van der Waals surface area contributed by atoms with Crippen LogP contribution in [0.4, 0.5) is 5.82 Å². The highest BCUT2D eigenvalue weighted by atomic mass is 16.2. The second-order valence-electron chi connectivity index (χ2n) is 8.85. The average Bonchev–Trinajstić information content (AvgIpc) is 2.79. The number of rotatable bonds is 4. The van der Waals surface area contributed by atoms with Gasteiger partial charge in [-0.25, -0.2) is 4.98 Å². The molecule has 0 aliphatic carbocycles. The lowest BCUT2D eigenvalue weighted by Gasteiger charge is -2.52. The Kier molecular flexibility index (Phi) is 5.15. The summed E-state index contributed by atoms with van der Waals surface area (Å²) >= 11 is 0. The largest absolute Gasteiger partial charge is 0.356 e. The lowest BCUT2D eigenvalue weighted by atomic mass is 9.76. The van der Waals surface area contributed by atoms with Gasteiger partial charge in [-0.2, -0.15) is 0 Å². The van der Waals surface area contributed by atoms with E-state index in [0.717, 1.165) is 50.3 Å². The first-order valence-corrected chi connectivity index (χ1v) is 11.0. The molecule has 3 saturated heterocycles. The Morgan fingerprint density at radius 1 is 1.10 bits per heavy atom. The number of pyridine rings is 1. The normalized spacial score (nSPS) is 25.6. The molecule has 6 heteroatoms. The van der Waals surface area contributed by atoms with Crippen LogP contribution in [0.15, 0.2) is 48.7 Å². The van der Waals surface area contributed by atoms with Gasteiger partial charge in [0.2, 0.25) is 5.91 Å². The van der Waals surface area contributed by atoms with Gasteiger partial charge in [-0.3, -0.25) is 9.59 Å². The monoisotopic (exact) mass is 404 g/mol. The zero-order chi connectivity index (χ0) is 20.5. The molecular formula is C24H28N4O2. The Labute approximate surface area is 177 Å². The first-order chi connectivity index (χ1) is 14.7. The van der Waals surface area contributed by atoms with Gasteiger partial charge in [0.15, 0.2) is 0 Å². The van der Waals surface area contributed by atoms with Gasteiger partial charge in [0, 0.05) is 44.8 Å². The van der Waals surface area contributed by atoms with Crippen LogP contribution >= 0.6 is 0 Å². The minimum atomic E-state index is -0.107. The van der Waals surface area contributed by atoms with Crippen molar-refractivity contribution in [2.24, 2.45) is 11.8 Å². The summed E-state index contributed by atoms with van der Waals surface area (Å²) in [5, 5.41) is 2.95. The summed E-state index contributed by atoms with van der Waals surface area (Å²) in [4.78, 5) is 33.9. The molecule has 0 radical (unpaired) electrons. The van der Waals surface area contributed by atoms with E-state index >= 15 is 0 Å². The number of fused-ring (bicyclic) bond motifs is 4. The number of anilines is 1. The molecule has 0 saturated carbocycles. The lowest BCUT2D eigenvalue weighted by Crippen LogP contribution is -2.60. The van der Waals surface area contributed by atoms with Crippen molar-refractivity contribution >= 4 is 17.6 Å². The molecule has 3 fully saturated rings. The number of hydrogen-bond acceptors (Lipinski definition) is 4. The van der Waals surface area contributed by atoms with Gasteiger partial charge in [-0.1, -0.05) is 30.3 Å². The third-order valence-electron chi connectivity index (χ3n) is 6.81. The van der Waals surface area contributed by atoms with Crippen molar-refractivity contribution in [3.8, 4) is 0 Å². The van der Waals surface area contributed by atoms with E-state index in [-0.39, 0.29) is 5.91 Å². The van der Waals surface area contributed by atoms with Crippen LogP contribution in [0.2, 0.25) is 0 Å². The molecule has 2 amide bonds. The number of carbonyl (C=O) groups is 2. The molecule has 6 nitrogen and oxygen atoms in total. The van der Waals surface area contributed by atoms with Crippen molar-refractivity contribution in [3.05, 3.63) is 59.8 Å². The quantitative estimate of drug-likeness (QED) is 0.851. The van der Waals surface area contributed by atoms with Gasteiger partial charge in [0.1, 0.15) is 5.82 Å². The Balaban J connectivity index is 1.23. The molecule has 1 aromatic carbocycles. The highest BCUT2D eigenvalue weighted by Crippen LogP contribution is 2.38. The van der Waals surface area contributed by atoms with Crippen LogP contribution < -0.4 is 10.2 Å². The number of nitrogens with zero attached hydrogens (tertiary/aromatic N) is 3. The molecule has 30 heavy (non-hydrogen) atoms. The van der Waals surface area contributed by atoms with Crippen molar-refractivity contribution in [1.29, 1.82) is 0 Å². The van der Waals surface area contributed by atoms with Crippen molar-refractivity contribution in [2.75, 3.05) is 24.5 Å². The van der Waals surface area contributed by atoms with Gasteiger partial charge in [0.25, 0.3) is 5.91 Å². The third-order valence-corrected chi connectivity index (χ3v) is 6.81. The van der Waals surface area contributed by atoms with E-state index in [4.69, 9.17) is 0 Å². The van der Waals surface area contributed by atoms with Crippen LogP contribution in [-0.2, 0) is 11.3 Å². The fraction of sp³-hybridized carbons (Fsp3) is 0.458. The van der Waals surface area contributed by atoms with E-state index in [1.807, 2.05) is 42.5 Å². The Hall–Kier alpha value is -2.89. The lowest BCUT2D eigenvalue weighted by molar-refractivity contribution is -0.142. The van der Waals surface area contributed by atoms with E-state index < -0.39 is 0 Å². The fourth-order valence-electron chi connectivity index (χ4n) is 5.38. The smallest absolute Gasteiger partial charge is 0.253 e. The van der Waals surface area contributed by atoms with Crippen LogP contribution in [0.3, 0.4) is 0 Å². The van der Waals surface area contributed by atoms with Gasteiger partial charge in [-0.15, -0.1) is 0 Å². The highest BCUT2D eigenvalue weighted by Gasteiger charge is 2.44. The molecule has 2 bridgehead atoms. The maximum absolute atomic E-state index is 12.5. The fourth-order valence-corrected chi connectivity index (χ4v) is 5.38. The van der Waals surface area contributed by atoms with Crippen molar-refractivity contribution < 1.29 is 9.59 Å². The number of benzene rings is 1. The highest BCUT2D eigenvalue weighted by molar-refractivity contribution is 5.94. The number of piperidine rings is 3. The number of nitrogens with one attached hydrogen (secondary N) is 1. The Bertz CT molecular complexity index is 915. The summed E-state index contributed by atoms with van der Waals surface area (Å²) in [6.45, 7) is 3.26. The summed E-state index contributed by atoms with van der Waals surface area (Å²) < 4.78 is 0. The molecule has 156 valence electrons. The summed E-state index contributed by atoms with van der Waals surface area (Å²) in [6.07, 6.45) is 5.76. The van der Waals surface area contributed by atoms with Crippen molar-refractivity contribution in [1.82, 2.24) is 15.2 Å². The topological polar surface area (TPSA) is 65.5 Å². The van der Waals surface area contributed by atoms with Crippen LogP contribution in [0.5, 0.6) is 0 Å². The van der Waals surface area contributed by atoms with E-state index in [1.165, 1.54) is 6.42 Å². The second kappa shape index (κ2) is 8.09. The number of carbonyl (C=O) groups excluding carboxylic acids is 2. The summed E-state index contributed by atoms with van der Waals surface area (Å²) in [5.41, 5.74) is 1.65. The van der Waals surface area contributed by atoms with E-state index in [9.17, 15) is 9.59 Å². The van der Waals surface area contributed by atoms with Gasteiger partial charge < -0.3 is 15.1 Å². The molecule has 0 spiro atoms. The SMILES string of the molecule is O=C(NCc1ccccc1)c1ccc(N2CC3CC(C2)[C@H]2CCCC(=O)N2C3)nc1. The minimum absolute atomic E-state index is 0.107. The zero-order valence-electron chi connectivity index (χ0n) is 17.2. The number of hydrogen-bond donors (Lipinski definition) is 1. The third kappa shape index (κ3) is 3.78. The molecular weight excluding hydrogens is 376 g/mol. The second-order valence-corrected chi connectivity index (χ2v) is 8.85. The molecule has 1 aromatic heterocycles. The van der Waals surface area contributed by atoms with Crippen LogP contribution in [0.25, 0.3) is 0 Å². The van der Waals surface area contributed by atoms with Crippen LogP contribution in [0, 0.1) is 11.8 Å². The average molecular weight is 405 g/mol. The summed E-state index contributed by atoms with van der Waals surface area (Å²) in [6, 6.07) is 14.1. The maximum atomic E-state index is 12.5. The zero-order valence-corrected chi connectivity index (χ0v) is 17.2. The Morgan fingerprint density at radius 2 is 1.97 bits per heavy atom. The first kappa shape index (κ1) is 19.1. The molecule has 5 rings (SSSR count). The van der Waals surface area contributed by atoms with Crippen molar-refractivity contribution in [3.63, 3.8) is 0 Å². The molecule has 2 aromatic rings. The van der Waals surface area contributed by atoms with E-state index in [0.29, 0.717) is 35.9 Å².